The van der Waals surface area contributed by atoms with E-state index >= 15 is 0 Å². The number of hydrogen-bond donors (Lipinski definition) is 0. The van der Waals surface area contributed by atoms with Gasteiger partial charge in [0.25, 0.3) is 0 Å². The number of carbonyl (C=O) groups excluding carboxylic acids is 1. The zero-order valence-corrected chi connectivity index (χ0v) is 12.2. The molecule has 0 atom stereocenters. The second-order valence-corrected chi connectivity index (χ2v) is 6.56. The molecule has 0 bridgehead atoms. The third kappa shape index (κ3) is 3.14. The van der Waals surface area contributed by atoms with Crippen molar-refractivity contribution in [3.05, 3.63) is 29.3 Å². The molecule has 1 aliphatic heterocycles. The highest BCUT2D eigenvalue weighted by Crippen LogP contribution is 2.27. The lowest BCUT2D eigenvalue weighted by molar-refractivity contribution is -0.129. The third-order valence-corrected chi connectivity index (χ3v) is 5.12. The molecule has 19 heavy (non-hydrogen) atoms. The monoisotopic (exact) mass is 275 g/mol. The van der Waals surface area contributed by atoms with Crippen LogP contribution < -0.4 is 0 Å². The molecule has 102 valence electrons. The smallest absolute Gasteiger partial charge is 0.232 e. The van der Waals surface area contributed by atoms with Gasteiger partial charge in [-0.2, -0.15) is 0 Å². The summed E-state index contributed by atoms with van der Waals surface area (Å²) in [5.74, 6) is 0.906. The topological polar surface area (TPSA) is 20.3 Å². The van der Waals surface area contributed by atoms with Gasteiger partial charge in [0.1, 0.15) is 0 Å². The summed E-state index contributed by atoms with van der Waals surface area (Å²) < 4.78 is 0. The van der Waals surface area contributed by atoms with Gasteiger partial charge in [0, 0.05) is 18.0 Å². The van der Waals surface area contributed by atoms with Crippen LogP contribution in [0.5, 0.6) is 0 Å². The highest BCUT2D eigenvalue weighted by Gasteiger charge is 2.17. The van der Waals surface area contributed by atoms with Gasteiger partial charge in [0.2, 0.25) is 5.91 Å². The summed E-state index contributed by atoms with van der Waals surface area (Å²) in [5, 5.41) is 0. The van der Waals surface area contributed by atoms with Crippen LogP contribution in [-0.4, -0.2) is 29.6 Å². The number of piperidine rings is 1. The van der Waals surface area contributed by atoms with Crippen LogP contribution in [0.1, 0.15) is 36.8 Å². The van der Waals surface area contributed by atoms with Crippen molar-refractivity contribution in [2.45, 2.75) is 43.4 Å². The Balaban J connectivity index is 1.55. The molecule has 0 N–H and O–H groups in total. The van der Waals surface area contributed by atoms with E-state index in [1.54, 1.807) is 11.8 Å². The molecule has 3 rings (SSSR count). The van der Waals surface area contributed by atoms with Crippen molar-refractivity contribution in [3.63, 3.8) is 0 Å². The average molecular weight is 275 g/mol. The number of fused-ring (bicyclic) bond motifs is 1. The van der Waals surface area contributed by atoms with Crippen molar-refractivity contribution < 1.29 is 4.79 Å². The summed E-state index contributed by atoms with van der Waals surface area (Å²) in [4.78, 5) is 15.4. The van der Waals surface area contributed by atoms with E-state index in [-0.39, 0.29) is 0 Å². The quantitative estimate of drug-likeness (QED) is 0.789. The Labute approximate surface area is 119 Å². The minimum Gasteiger partial charge on any atom is -0.342 e. The van der Waals surface area contributed by atoms with E-state index < -0.39 is 0 Å². The lowest BCUT2D eigenvalue weighted by Gasteiger charge is -2.26. The molecular weight excluding hydrogens is 254 g/mol. The molecule has 1 fully saturated rings. The SMILES string of the molecule is O=C(CSc1ccc2c(c1)CCC2)N1CCCCC1. The first-order valence-electron chi connectivity index (χ1n) is 7.35. The van der Waals surface area contributed by atoms with Gasteiger partial charge in [0.15, 0.2) is 0 Å². The number of benzene rings is 1. The normalized spacial score (nSPS) is 18.4. The molecular formula is C16H21NOS. The fraction of sp³-hybridized carbons (Fsp3) is 0.562. The summed E-state index contributed by atoms with van der Waals surface area (Å²) >= 11 is 1.70. The standard InChI is InChI=1S/C16H21NOS/c18-16(17-9-2-1-3-10-17)12-19-15-8-7-13-5-4-6-14(13)11-15/h7-8,11H,1-6,9-10,12H2. The molecule has 2 aliphatic rings. The maximum Gasteiger partial charge on any atom is 0.232 e. The summed E-state index contributed by atoms with van der Waals surface area (Å²) in [6, 6.07) is 6.71. The van der Waals surface area contributed by atoms with E-state index in [1.165, 1.54) is 54.5 Å². The van der Waals surface area contributed by atoms with Gasteiger partial charge in [-0.25, -0.2) is 0 Å². The number of aryl methyl sites for hydroxylation is 2. The Morgan fingerprint density at radius 3 is 2.68 bits per heavy atom. The first-order chi connectivity index (χ1) is 9.33. The molecule has 1 saturated heterocycles. The van der Waals surface area contributed by atoms with Gasteiger partial charge in [-0.3, -0.25) is 4.79 Å². The number of carbonyl (C=O) groups is 1. The van der Waals surface area contributed by atoms with E-state index in [4.69, 9.17) is 0 Å². The van der Waals surface area contributed by atoms with Gasteiger partial charge in [-0.1, -0.05) is 6.07 Å². The van der Waals surface area contributed by atoms with Crippen molar-refractivity contribution in [3.8, 4) is 0 Å². The lowest BCUT2D eigenvalue weighted by atomic mass is 10.1. The molecule has 0 radical (unpaired) electrons. The van der Waals surface area contributed by atoms with E-state index in [0.29, 0.717) is 11.7 Å². The van der Waals surface area contributed by atoms with Crippen molar-refractivity contribution >= 4 is 17.7 Å². The number of likely N-dealkylation sites (tertiary alicyclic amines) is 1. The molecule has 1 amide bonds. The minimum atomic E-state index is 0.310. The van der Waals surface area contributed by atoms with Crippen molar-refractivity contribution in [2.75, 3.05) is 18.8 Å². The number of rotatable bonds is 3. The first-order valence-corrected chi connectivity index (χ1v) is 8.34. The largest absolute Gasteiger partial charge is 0.342 e. The number of hydrogen-bond acceptors (Lipinski definition) is 2. The number of nitrogens with zero attached hydrogens (tertiary/aromatic N) is 1. The van der Waals surface area contributed by atoms with Gasteiger partial charge in [-0.15, -0.1) is 11.8 Å². The van der Waals surface area contributed by atoms with Crippen molar-refractivity contribution in [2.24, 2.45) is 0 Å². The fourth-order valence-electron chi connectivity index (χ4n) is 3.02. The summed E-state index contributed by atoms with van der Waals surface area (Å²) in [6.07, 6.45) is 7.36. The van der Waals surface area contributed by atoms with Crippen molar-refractivity contribution in [1.29, 1.82) is 0 Å². The zero-order valence-electron chi connectivity index (χ0n) is 11.4. The van der Waals surface area contributed by atoms with Crippen LogP contribution in [-0.2, 0) is 17.6 Å². The molecule has 1 aliphatic carbocycles. The molecule has 1 heterocycles. The third-order valence-electron chi connectivity index (χ3n) is 4.14. The van der Waals surface area contributed by atoms with E-state index in [9.17, 15) is 4.79 Å². The molecule has 1 aromatic carbocycles. The molecule has 0 aromatic heterocycles. The predicted molar refractivity (Wildman–Crippen MR) is 79.6 cm³/mol. The molecule has 0 unspecified atom stereocenters. The molecule has 3 heteroatoms. The molecule has 2 nitrogen and oxygen atoms in total. The Morgan fingerprint density at radius 1 is 1.05 bits per heavy atom. The number of amides is 1. The second-order valence-electron chi connectivity index (χ2n) is 5.51. The number of thioether (sulfide) groups is 1. The van der Waals surface area contributed by atoms with Crippen molar-refractivity contribution in [1.82, 2.24) is 4.90 Å². The van der Waals surface area contributed by atoms with Crippen LogP contribution in [0, 0.1) is 0 Å². The Morgan fingerprint density at radius 2 is 1.84 bits per heavy atom. The highest BCUT2D eigenvalue weighted by molar-refractivity contribution is 8.00. The van der Waals surface area contributed by atoms with E-state index in [2.05, 4.69) is 18.2 Å². The maximum absolute atomic E-state index is 12.1. The zero-order chi connectivity index (χ0) is 13.1. The fourth-order valence-corrected chi connectivity index (χ4v) is 3.88. The predicted octanol–water partition coefficient (Wildman–Crippen LogP) is 3.28. The van der Waals surface area contributed by atoms with Crippen LogP contribution in [0.15, 0.2) is 23.1 Å². The van der Waals surface area contributed by atoms with Crippen LogP contribution >= 0.6 is 11.8 Å². The Hall–Kier alpha value is -0.960. The summed E-state index contributed by atoms with van der Waals surface area (Å²) in [6.45, 7) is 1.92. The molecule has 0 spiro atoms. The van der Waals surface area contributed by atoms with Gasteiger partial charge < -0.3 is 4.90 Å². The average Bonchev–Trinajstić information content (AvgIpc) is 2.93. The lowest BCUT2D eigenvalue weighted by Crippen LogP contribution is -2.36. The van der Waals surface area contributed by atoms with Crippen LogP contribution in [0.3, 0.4) is 0 Å². The maximum atomic E-state index is 12.1. The van der Waals surface area contributed by atoms with Crippen LogP contribution in [0.2, 0.25) is 0 Å². The van der Waals surface area contributed by atoms with Gasteiger partial charge >= 0.3 is 0 Å². The van der Waals surface area contributed by atoms with E-state index in [1.807, 2.05) is 4.90 Å². The highest BCUT2D eigenvalue weighted by atomic mass is 32.2. The molecule has 1 aromatic rings. The summed E-state index contributed by atoms with van der Waals surface area (Å²) in [7, 11) is 0. The van der Waals surface area contributed by atoms with Crippen LogP contribution in [0.4, 0.5) is 0 Å². The minimum absolute atomic E-state index is 0.310. The van der Waals surface area contributed by atoms with E-state index in [0.717, 1.165) is 13.1 Å². The van der Waals surface area contributed by atoms with Gasteiger partial charge in [0.05, 0.1) is 5.75 Å². The second kappa shape index (κ2) is 6.00. The molecule has 0 saturated carbocycles. The van der Waals surface area contributed by atoms with Gasteiger partial charge in [-0.05, 0) is 61.8 Å². The Kier molecular flexibility index (Phi) is 4.12. The first kappa shape index (κ1) is 13.0. The summed E-state index contributed by atoms with van der Waals surface area (Å²) in [5.41, 5.74) is 3.00. The Bertz CT molecular complexity index is 466. The van der Waals surface area contributed by atoms with Crippen LogP contribution in [0.25, 0.3) is 0 Å².